The van der Waals surface area contributed by atoms with Crippen molar-refractivity contribution in [3.63, 3.8) is 0 Å². The highest BCUT2D eigenvalue weighted by molar-refractivity contribution is 5.71. The van der Waals surface area contributed by atoms with E-state index in [4.69, 9.17) is 14.2 Å². The number of hydrogen-bond acceptors (Lipinski definition) is 6. The second kappa shape index (κ2) is 64.4. The van der Waals surface area contributed by atoms with Crippen LogP contribution in [0.2, 0.25) is 0 Å². The fraction of sp³-hybridized carbons (Fsp3) is 0.786. The molecule has 6 nitrogen and oxygen atoms in total. The smallest absolute Gasteiger partial charge is 0.306 e. The summed E-state index contributed by atoms with van der Waals surface area (Å²) >= 11 is 0. The Morgan fingerprint density at radius 2 is 0.513 bits per heavy atom. The highest BCUT2D eigenvalue weighted by Gasteiger charge is 2.19. The fourth-order valence-electron chi connectivity index (χ4n) is 9.53. The SMILES string of the molecule is CC/C=C\C/C=C\C/C=C\C/C=C\CCCCCCCCCCC(=O)OCC(COC(=O)CCCCCCCCCCCCCCCCCCCC)OC(=O)CCCCCCCCCCC/C=C\C/C=C\CCCCC. The number of unbranched alkanes of at least 4 members (excludes halogenated alkanes) is 37. The van der Waals surface area contributed by atoms with Gasteiger partial charge < -0.3 is 14.2 Å². The summed E-state index contributed by atoms with van der Waals surface area (Å²) in [6, 6.07) is 0. The third-order valence-electron chi connectivity index (χ3n) is 14.4. The normalized spacial score (nSPS) is 12.5. The number of ether oxygens (including phenoxy) is 3. The number of allylic oxidation sites excluding steroid dienone is 12. The van der Waals surface area contributed by atoms with E-state index in [0.29, 0.717) is 19.3 Å². The Hall–Kier alpha value is -3.15. The Bertz CT molecular complexity index is 1400. The van der Waals surface area contributed by atoms with E-state index in [0.717, 1.165) is 96.3 Å². The molecule has 0 saturated heterocycles. The van der Waals surface area contributed by atoms with Crippen LogP contribution in [0.4, 0.5) is 0 Å². The fourth-order valence-corrected chi connectivity index (χ4v) is 9.53. The highest BCUT2D eigenvalue weighted by Crippen LogP contribution is 2.17. The molecule has 0 amide bonds. The van der Waals surface area contributed by atoms with Crippen molar-refractivity contribution >= 4 is 17.9 Å². The third-order valence-corrected chi connectivity index (χ3v) is 14.4. The maximum absolute atomic E-state index is 12.9. The largest absolute Gasteiger partial charge is 0.462 e. The van der Waals surface area contributed by atoms with Crippen molar-refractivity contribution in [2.24, 2.45) is 0 Å². The van der Waals surface area contributed by atoms with E-state index in [2.05, 4.69) is 93.7 Å². The molecule has 0 saturated carbocycles. The van der Waals surface area contributed by atoms with Crippen LogP contribution < -0.4 is 0 Å². The lowest BCUT2D eigenvalue weighted by Crippen LogP contribution is -2.30. The molecule has 0 aliphatic rings. The molecule has 0 aromatic carbocycles. The zero-order chi connectivity index (χ0) is 55.0. The molecule has 440 valence electrons. The van der Waals surface area contributed by atoms with Crippen LogP contribution in [0.1, 0.15) is 335 Å². The molecule has 1 unspecified atom stereocenters. The lowest BCUT2D eigenvalue weighted by Gasteiger charge is -2.18. The van der Waals surface area contributed by atoms with Crippen molar-refractivity contribution in [3.8, 4) is 0 Å². The Morgan fingerprint density at radius 3 is 0.829 bits per heavy atom. The zero-order valence-corrected chi connectivity index (χ0v) is 50.5. The standard InChI is InChI=1S/C70H124O6/c1-4-7-10-13-16-19-22-25-28-31-34-35-37-39-42-45-48-51-54-57-60-63-69(72)75-66-67(65-74-68(71)62-59-56-53-50-47-44-41-38-33-30-27-24-21-18-15-12-9-6-3)76-70(73)64-61-58-55-52-49-46-43-40-36-32-29-26-23-20-17-14-11-8-5-2/h7,10,16-17,19-20,25-26,28-29,34-35,67H,4-6,8-9,11-15,18,21-24,27,30-33,36-66H2,1-3H3/b10-7-,19-16-,20-17-,28-25-,29-26-,35-34-. The van der Waals surface area contributed by atoms with Gasteiger partial charge in [0.25, 0.3) is 0 Å². The van der Waals surface area contributed by atoms with Crippen molar-refractivity contribution in [2.45, 2.75) is 341 Å². The van der Waals surface area contributed by atoms with Gasteiger partial charge in [-0.15, -0.1) is 0 Å². The first-order valence-electron chi connectivity index (χ1n) is 32.9. The van der Waals surface area contributed by atoms with Crippen molar-refractivity contribution in [1.29, 1.82) is 0 Å². The predicted octanol–water partition coefficient (Wildman–Crippen LogP) is 22.5. The summed E-state index contributed by atoms with van der Waals surface area (Å²) in [7, 11) is 0. The van der Waals surface area contributed by atoms with Gasteiger partial charge in [0.2, 0.25) is 0 Å². The molecule has 6 heteroatoms. The first kappa shape index (κ1) is 72.8. The van der Waals surface area contributed by atoms with E-state index in [9.17, 15) is 14.4 Å². The van der Waals surface area contributed by atoms with Crippen molar-refractivity contribution in [1.82, 2.24) is 0 Å². The predicted molar refractivity (Wildman–Crippen MR) is 330 cm³/mol. The van der Waals surface area contributed by atoms with Gasteiger partial charge in [0, 0.05) is 19.3 Å². The molecule has 0 spiro atoms. The number of hydrogen-bond donors (Lipinski definition) is 0. The summed E-state index contributed by atoms with van der Waals surface area (Å²) in [5, 5.41) is 0. The molecular formula is C70H124O6. The van der Waals surface area contributed by atoms with Gasteiger partial charge in [-0.05, 0) is 89.9 Å². The van der Waals surface area contributed by atoms with Crippen LogP contribution in [0.15, 0.2) is 72.9 Å². The molecule has 0 bridgehead atoms. The quantitative estimate of drug-likeness (QED) is 0.0261. The van der Waals surface area contributed by atoms with Crippen LogP contribution in [0.5, 0.6) is 0 Å². The van der Waals surface area contributed by atoms with E-state index < -0.39 is 6.10 Å². The van der Waals surface area contributed by atoms with Gasteiger partial charge >= 0.3 is 17.9 Å². The average molecular weight is 1060 g/mol. The highest BCUT2D eigenvalue weighted by atomic mass is 16.6. The molecule has 0 N–H and O–H groups in total. The Kier molecular flexibility index (Phi) is 61.7. The summed E-state index contributed by atoms with van der Waals surface area (Å²) in [6.45, 7) is 6.54. The van der Waals surface area contributed by atoms with Gasteiger partial charge in [-0.2, -0.15) is 0 Å². The summed E-state index contributed by atoms with van der Waals surface area (Å²) in [5.74, 6) is -0.870. The number of carbonyl (C=O) groups excluding carboxylic acids is 3. The Balaban J connectivity index is 4.37. The van der Waals surface area contributed by atoms with Gasteiger partial charge in [0.15, 0.2) is 6.10 Å². The van der Waals surface area contributed by atoms with Crippen molar-refractivity contribution in [3.05, 3.63) is 72.9 Å². The van der Waals surface area contributed by atoms with Gasteiger partial charge in [-0.3, -0.25) is 14.4 Å². The molecule has 0 heterocycles. The summed E-state index contributed by atoms with van der Waals surface area (Å²) < 4.78 is 17.0. The third kappa shape index (κ3) is 61.7. The number of rotatable bonds is 60. The van der Waals surface area contributed by atoms with Crippen molar-refractivity contribution < 1.29 is 28.6 Å². The van der Waals surface area contributed by atoms with Crippen LogP contribution in [0.3, 0.4) is 0 Å². The van der Waals surface area contributed by atoms with Crippen LogP contribution in [-0.2, 0) is 28.6 Å². The molecule has 0 aromatic heterocycles. The van der Waals surface area contributed by atoms with Crippen LogP contribution in [-0.4, -0.2) is 37.2 Å². The molecule has 0 aromatic rings. The average Bonchev–Trinajstić information content (AvgIpc) is 3.42. The summed E-state index contributed by atoms with van der Waals surface area (Å²) in [5.41, 5.74) is 0. The van der Waals surface area contributed by atoms with Crippen molar-refractivity contribution in [2.75, 3.05) is 13.2 Å². The second-order valence-electron chi connectivity index (χ2n) is 22.0. The number of carbonyl (C=O) groups is 3. The maximum atomic E-state index is 12.9. The van der Waals surface area contributed by atoms with E-state index in [1.807, 2.05) is 0 Å². The molecule has 0 aliphatic carbocycles. The molecule has 0 fully saturated rings. The van der Waals surface area contributed by atoms with Crippen LogP contribution >= 0.6 is 0 Å². The first-order valence-corrected chi connectivity index (χ1v) is 32.9. The molecule has 0 rings (SSSR count). The van der Waals surface area contributed by atoms with Gasteiger partial charge in [0.05, 0.1) is 0 Å². The van der Waals surface area contributed by atoms with Crippen LogP contribution in [0.25, 0.3) is 0 Å². The topological polar surface area (TPSA) is 78.9 Å². The van der Waals surface area contributed by atoms with E-state index in [1.54, 1.807) is 0 Å². The van der Waals surface area contributed by atoms with E-state index in [-0.39, 0.29) is 31.1 Å². The Labute approximate surface area is 472 Å². The lowest BCUT2D eigenvalue weighted by molar-refractivity contribution is -0.167. The van der Waals surface area contributed by atoms with Crippen LogP contribution in [0, 0.1) is 0 Å². The monoisotopic (exact) mass is 1060 g/mol. The van der Waals surface area contributed by atoms with E-state index in [1.165, 1.54) is 199 Å². The maximum Gasteiger partial charge on any atom is 0.306 e. The van der Waals surface area contributed by atoms with Gasteiger partial charge in [-0.1, -0.05) is 299 Å². The summed E-state index contributed by atoms with van der Waals surface area (Å²) in [4.78, 5) is 38.4. The minimum absolute atomic E-state index is 0.0762. The molecule has 1 atom stereocenters. The molecule has 0 aliphatic heterocycles. The molecular weight excluding hydrogens is 937 g/mol. The minimum atomic E-state index is -0.781. The molecule has 76 heavy (non-hydrogen) atoms. The number of esters is 3. The van der Waals surface area contributed by atoms with Gasteiger partial charge in [0.1, 0.15) is 13.2 Å². The Morgan fingerprint density at radius 1 is 0.276 bits per heavy atom. The molecule has 0 radical (unpaired) electrons. The lowest BCUT2D eigenvalue weighted by atomic mass is 10.0. The first-order chi connectivity index (χ1) is 37.5. The summed E-state index contributed by atoms with van der Waals surface area (Å²) in [6.07, 6.45) is 83.3. The minimum Gasteiger partial charge on any atom is -0.462 e. The zero-order valence-electron chi connectivity index (χ0n) is 50.5. The van der Waals surface area contributed by atoms with E-state index >= 15 is 0 Å². The van der Waals surface area contributed by atoms with Gasteiger partial charge in [-0.25, -0.2) is 0 Å². The second-order valence-corrected chi connectivity index (χ2v) is 22.0.